The summed E-state index contributed by atoms with van der Waals surface area (Å²) in [5, 5.41) is 14.7. The first kappa shape index (κ1) is 17.2. The molecule has 23 heavy (non-hydrogen) atoms. The standard InChI is InChI=1S/C16H16Cl2N4O/c1-2-8-19-15-6-5-14(21-22-15)16(23)20-9-7-11-3-4-12(17)10-13(11)18/h2-6,10H,1,7-9H2,(H,19,22)(H,20,23). The van der Waals surface area contributed by atoms with E-state index in [1.165, 1.54) is 0 Å². The van der Waals surface area contributed by atoms with Crippen molar-refractivity contribution in [2.45, 2.75) is 6.42 Å². The average Bonchev–Trinajstić information content (AvgIpc) is 2.55. The first-order valence-corrected chi connectivity index (χ1v) is 7.76. The Morgan fingerprint density at radius 2 is 2.04 bits per heavy atom. The van der Waals surface area contributed by atoms with Crippen LogP contribution in [0.3, 0.4) is 0 Å². The van der Waals surface area contributed by atoms with Crippen LogP contribution >= 0.6 is 23.2 Å². The molecule has 0 bridgehead atoms. The third-order valence-electron chi connectivity index (χ3n) is 3.02. The van der Waals surface area contributed by atoms with Crippen LogP contribution in [0.4, 0.5) is 5.82 Å². The second kappa shape index (κ2) is 8.50. The van der Waals surface area contributed by atoms with Crippen LogP contribution in [0.2, 0.25) is 10.0 Å². The summed E-state index contributed by atoms with van der Waals surface area (Å²) in [6.45, 7) is 4.63. The maximum Gasteiger partial charge on any atom is 0.271 e. The number of rotatable bonds is 7. The zero-order valence-corrected chi connectivity index (χ0v) is 13.9. The third kappa shape index (κ3) is 5.23. The van der Waals surface area contributed by atoms with Gasteiger partial charge in [-0.1, -0.05) is 35.3 Å². The second-order valence-corrected chi connectivity index (χ2v) is 5.56. The SMILES string of the molecule is C=CCNc1ccc(C(=O)NCCc2ccc(Cl)cc2Cl)nn1. The average molecular weight is 351 g/mol. The molecule has 0 aliphatic heterocycles. The second-order valence-electron chi connectivity index (χ2n) is 4.72. The molecule has 7 heteroatoms. The molecule has 0 aliphatic rings. The van der Waals surface area contributed by atoms with Crippen molar-refractivity contribution >= 4 is 34.9 Å². The molecule has 0 saturated heterocycles. The quantitative estimate of drug-likeness (QED) is 0.751. The fourth-order valence-electron chi connectivity index (χ4n) is 1.85. The number of hydrogen-bond acceptors (Lipinski definition) is 4. The van der Waals surface area contributed by atoms with Gasteiger partial charge in [0.1, 0.15) is 5.82 Å². The van der Waals surface area contributed by atoms with E-state index in [0.717, 1.165) is 5.56 Å². The van der Waals surface area contributed by atoms with Crippen molar-refractivity contribution in [2.75, 3.05) is 18.4 Å². The van der Waals surface area contributed by atoms with Crippen LogP contribution in [-0.2, 0) is 6.42 Å². The fraction of sp³-hybridized carbons (Fsp3) is 0.188. The maximum absolute atomic E-state index is 12.0. The molecule has 0 radical (unpaired) electrons. The van der Waals surface area contributed by atoms with Crippen LogP contribution in [-0.4, -0.2) is 29.2 Å². The molecule has 0 atom stereocenters. The fourth-order valence-corrected chi connectivity index (χ4v) is 2.35. The lowest BCUT2D eigenvalue weighted by Crippen LogP contribution is -2.27. The van der Waals surface area contributed by atoms with E-state index < -0.39 is 0 Å². The maximum atomic E-state index is 12.0. The number of carbonyl (C=O) groups excluding carboxylic acids is 1. The minimum atomic E-state index is -0.280. The first-order valence-electron chi connectivity index (χ1n) is 7.01. The van der Waals surface area contributed by atoms with Gasteiger partial charge in [0.15, 0.2) is 5.69 Å². The van der Waals surface area contributed by atoms with Crippen LogP contribution in [0.5, 0.6) is 0 Å². The van der Waals surface area contributed by atoms with Gasteiger partial charge in [0.2, 0.25) is 0 Å². The normalized spacial score (nSPS) is 10.2. The summed E-state index contributed by atoms with van der Waals surface area (Å²) in [7, 11) is 0. The molecule has 0 unspecified atom stereocenters. The summed E-state index contributed by atoms with van der Waals surface area (Å²) in [6, 6.07) is 8.60. The van der Waals surface area contributed by atoms with E-state index in [4.69, 9.17) is 23.2 Å². The summed E-state index contributed by atoms with van der Waals surface area (Å²) < 4.78 is 0. The van der Waals surface area contributed by atoms with Gasteiger partial charge >= 0.3 is 0 Å². The van der Waals surface area contributed by atoms with E-state index in [1.807, 2.05) is 6.07 Å². The van der Waals surface area contributed by atoms with E-state index in [9.17, 15) is 4.79 Å². The third-order valence-corrected chi connectivity index (χ3v) is 3.61. The molecule has 0 fully saturated rings. The Morgan fingerprint density at radius 3 is 2.70 bits per heavy atom. The summed E-state index contributed by atoms with van der Waals surface area (Å²) in [5.41, 5.74) is 1.18. The van der Waals surface area contributed by atoms with E-state index in [1.54, 1.807) is 30.3 Å². The van der Waals surface area contributed by atoms with Gasteiger partial charge in [-0.2, -0.15) is 0 Å². The Morgan fingerprint density at radius 1 is 1.22 bits per heavy atom. The number of anilines is 1. The predicted octanol–water partition coefficient (Wildman–Crippen LogP) is 3.35. The number of halogens is 2. The Hall–Kier alpha value is -2.11. The zero-order valence-electron chi connectivity index (χ0n) is 12.4. The van der Waals surface area contributed by atoms with Gasteiger partial charge in [-0.05, 0) is 36.2 Å². The molecule has 1 heterocycles. The molecule has 2 aromatic rings. The highest BCUT2D eigenvalue weighted by atomic mass is 35.5. The molecule has 1 aromatic carbocycles. The van der Waals surface area contributed by atoms with Crippen molar-refractivity contribution in [3.05, 3.63) is 64.3 Å². The number of aromatic nitrogens is 2. The van der Waals surface area contributed by atoms with Gasteiger partial charge in [-0.15, -0.1) is 16.8 Å². The van der Waals surface area contributed by atoms with Crippen LogP contribution < -0.4 is 10.6 Å². The minimum absolute atomic E-state index is 0.261. The van der Waals surface area contributed by atoms with Crippen molar-refractivity contribution in [3.8, 4) is 0 Å². The molecule has 2 N–H and O–H groups in total. The zero-order chi connectivity index (χ0) is 16.7. The lowest BCUT2D eigenvalue weighted by atomic mass is 10.1. The predicted molar refractivity (Wildman–Crippen MR) is 93.2 cm³/mol. The van der Waals surface area contributed by atoms with Crippen LogP contribution in [0.1, 0.15) is 16.1 Å². The number of hydrogen-bond donors (Lipinski definition) is 2. The highest BCUT2D eigenvalue weighted by Gasteiger charge is 2.08. The molecule has 1 amide bonds. The molecular formula is C16H16Cl2N4O. The molecule has 5 nitrogen and oxygen atoms in total. The van der Waals surface area contributed by atoms with Gasteiger partial charge < -0.3 is 10.6 Å². The Kier molecular flexibility index (Phi) is 6.38. The monoisotopic (exact) mass is 350 g/mol. The van der Waals surface area contributed by atoms with Gasteiger partial charge in [0.25, 0.3) is 5.91 Å². The lowest BCUT2D eigenvalue weighted by molar-refractivity contribution is 0.0948. The highest BCUT2D eigenvalue weighted by molar-refractivity contribution is 6.35. The molecular weight excluding hydrogens is 335 g/mol. The summed E-state index contributed by atoms with van der Waals surface area (Å²) in [4.78, 5) is 12.0. The van der Waals surface area contributed by atoms with Crippen molar-refractivity contribution in [3.63, 3.8) is 0 Å². The van der Waals surface area contributed by atoms with Crippen LogP contribution in [0.25, 0.3) is 0 Å². The molecule has 0 saturated carbocycles. The van der Waals surface area contributed by atoms with Crippen molar-refractivity contribution < 1.29 is 4.79 Å². The topological polar surface area (TPSA) is 66.9 Å². The largest absolute Gasteiger partial charge is 0.365 e. The molecule has 1 aromatic heterocycles. The van der Waals surface area contributed by atoms with Gasteiger partial charge in [-0.3, -0.25) is 4.79 Å². The first-order chi connectivity index (χ1) is 11.1. The number of benzene rings is 1. The molecule has 0 aliphatic carbocycles. The van der Waals surface area contributed by atoms with E-state index in [2.05, 4.69) is 27.4 Å². The summed E-state index contributed by atoms with van der Waals surface area (Å²) in [6.07, 6.45) is 2.32. The van der Waals surface area contributed by atoms with Crippen molar-refractivity contribution in [1.29, 1.82) is 0 Å². The van der Waals surface area contributed by atoms with E-state index in [0.29, 0.717) is 35.4 Å². The van der Waals surface area contributed by atoms with E-state index >= 15 is 0 Å². The smallest absolute Gasteiger partial charge is 0.271 e. The van der Waals surface area contributed by atoms with Gasteiger partial charge in [0.05, 0.1) is 0 Å². The Labute approximate surface area is 144 Å². The number of carbonyl (C=O) groups is 1. The van der Waals surface area contributed by atoms with Gasteiger partial charge in [0, 0.05) is 23.1 Å². The van der Waals surface area contributed by atoms with E-state index in [-0.39, 0.29) is 11.6 Å². The van der Waals surface area contributed by atoms with Crippen molar-refractivity contribution in [1.82, 2.24) is 15.5 Å². The highest BCUT2D eigenvalue weighted by Crippen LogP contribution is 2.21. The number of nitrogens with one attached hydrogen (secondary N) is 2. The van der Waals surface area contributed by atoms with Crippen LogP contribution in [0, 0.1) is 0 Å². The van der Waals surface area contributed by atoms with Gasteiger partial charge in [-0.25, -0.2) is 0 Å². The Balaban J connectivity index is 1.85. The summed E-state index contributed by atoms with van der Waals surface area (Å²) >= 11 is 11.9. The molecule has 120 valence electrons. The molecule has 2 rings (SSSR count). The Bertz CT molecular complexity index is 689. The number of nitrogens with zero attached hydrogens (tertiary/aromatic N) is 2. The number of amides is 1. The lowest BCUT2D eigenvalue weighted by Gasteiger charge is -2.07. The van der Waals surface area contributed by atoms with Crippen LogP contribution in [0.15, 0.2) is 43.0 Å². The minimum Gasteiger partial charge on any atom is -0.365 e. The van der Waals surface area contributed by atoms with Crippen molar-refractivity contribution in [2.24, 2.45) is 0 Å². The summed E-state index contributed by atoms with van der Waals surface area (Å²) in [5.74, 6) is 0.312. The molecule has 0 spiro atoms.